The predicted octanol–water partition coefficient (Wildman–Crippen LogP) is 3.47. The van der Waals surface area contributed by atoms with Crippen LogP contribution < -0.4 is 4.74 Å². The van der Waals surface area contributed by atoms with Gasteiger partial charge in [0.05, 0.1) is 7.11 Å². The Balaban J connectivity index is 1.93. The van der Waals surface area contributed by atoms with E-state index in [0.29, 0.717) is 5.75 Å². The maximum Gasteiger partial charge on any atom is 0.294 e. The highest BCUT2D eigenvalue weighted by Crippen LogP contribution is 2.27. The van der Waals surface area contributed by atoms with Crippen molar-refractivity contribution in [1.29, 1.82) is 0 Å². The Bertz CT molecular complexity index is 802. The second-order valence-corrected chi connectivity index (χ2v) is 6.96. The molecule has 2 aromatic rings. The van der Waals surface area contributed by atoms with Gasteiger partial charge in [-0.05, 0) is 40.1 Å². The lowest BCUT2D eigenvalue weighted by Gasteiger charge is -2.16. The quantitative estimate of drug-likeness (QED) is 0.419. The molecule has 10 heteroatoms. The monoisotopic (exact) mass is 396 g/mol. The predicted molar refractivity (Wildman–Crippen MR) is 101 cm³/mol. The van der Waals surface area contributed by atoms with Crippen LogP contribution in [0.25, 0.3) is 10.8 Å². The molecule has 0 fully saturated rings. The van der Waals surface area contributed by atoms with E-state index in [0.717, 1.165) is 22.1 Å². The van der Waals surface area contributed by atoms with E-state index in [1.807, 2.05) is 30.3 Å². The zero-order valence-corrected chi connectivity index (χ0v) is 15.7. The molecule has 0 radical (unpaired) electrons. The topological polar surface area (TPSA) is 114 Å². The van der Waals surface area contributed by atoms with Crippen LogP contribution in [-0.4, -0.2) is 41.5 Å². The standard InChI is InChI=1S/C17H20N2O7S/c1-12(10-27-11-17(26-19(22)23)9-25-18(20)21)13-3-4-15-8-16(24-2)6-5-14(15)7-13/h3-8,12,17H,9-11H2,1-2H3. The zero-order chi connectivity index (χ0) is 19.8. The molecule has 0 spiro atoms. The van der Waals surface area contributed by atoms with Crippen LogP contribution in [0.2, 0.25) is 0 Å². The molecule has 0 N–H and O–H groups in total. The number of benzene rings is 2. The summed E-state index contributed by atoms with van der Waals surface area (Å²) in [5.41, 5.74) is 1.13. The average molecular weight is 396 g/mol. The first-order valence-electron chi connectivity index (χ1n) is 8.13. The highest BCUT2D eigenvalue weighted by Gasteiger charge is 2.17. The van der Waals surface area contributed by atoms with E-state index in [1.54, 1.807) is 7.11 Å². The van der Waals surface area contributed by atoms with Crippen LogP contribution in [-0.2, 0) is 9.68 Å². The summed E-state index contributed by atoms with van der Waals surface area (Å²) >= 11 is 1.42. The molecule has 0 aliphatic rings. The van der Waals surface area contributed by atoms with Crippen LogP contribution in [0.4, 0.5) is 0 Å². The zero-order valence-electron chi connectivity index (χ0n) is 14.9. The molecule has 0 aliphatic heterocycles. The van der Waals surface area contributed by atoms with Crippen LogP contribution >= 0.6 is 11.8 Å². The van der Waals surface area contributed by atoms with Crippen molar-refractivity contribution in [2.45, 2.75) is 18.9 Å². The van der Waals surface area contributed by atoms with Crippen LogP contribution in [0.15, 0.2) is 36.4 Å². The van der Waals surface area contributed by atoms with Crippen molar-refractivity contribution in [2.24, 2.45) is 0 Å². The van der Waals surface area contributed by atoms with Gasteiger partial charge in [0, 0.05) is 5.75 Å². The molecule has 0 heterocycles. The minimum absolute atomic E-state index is 0.189. The summed E-state index contributed by atoms with van der Waals surface area (Å²) in [7, 11) is 1.63. The lowest BCUT2D eigenvalue weighted by molar-refractivity contribution is -0.788. The van der Waals surface area contributed by atoms with Crippen molar-refractivity contribution >= 4 is 22.5 Å². The van der Waals surface area contributed by atoms with Gasteiger partial charge in [0.15, 0.2) is 0 Å². The van der Waals surface area contributed by atoms with Crippen LogP contribution in [0.5, 0.6) is 5.75 Å². The first-order chi connectivity index (χ1) is 12.9. The number of hydrogen-bond donors (Lipinski definition) is 0. The Morgan fingerprint density at radius 1 is 1.04 bits per heavy atom. The second-order valence-electron chi connectivity index (χ2n) is 5.88. The van der Waals surface area contributed by atoms with Gasteiger partial charge in [-0.15, -0.1) is 20.2 Å². The number of nitrogens with zero attached hydrogens (tertiary/aromatic N) is 2. The molecule has 0 bridgehead atoms. The largest absolute Gasteiger partial charge is 0.497 e. The number of thioether (sulfide) groups is 1. The van der Waals surface area contributed by atoms with E-state index in [1.165, 1.54) is 11.8 Å². The Kier molecular flexibility index (Phi) is 7.47. The summed E-state index contributed by atoms with van der Waals surface area (Å²) in [6.07, 6.45) is -0.994. The maximum absolute atomic E-state index is 10.5. The summed E-state index contributed by atoms with van der Waals surface area (Å²) in [6, 6.07) is 12.0. The lowest BCUT2D eigenvalue weighted by atomic mass is 9.99. The van der Waals surface area contributed by atoms with Crippen LogP contribution in [0, 0.1) is 20.2 Å². The molecular weight excluding hydrogens is 376 g/mol. The van der Waals surface area contributed by atoms with Crippen LogP contribution in [0.1, 0.15) is 18.4 Å². The fourth-order valence-corrected chi connectivity index (χ4v) is 3.63. The lowest BCUT2D eigenvalue weighted by Crippen LogP contribution is -2.27. The molecule has 0 amide bonds. The fourth-order valence-electron chi connectivity index (χ4n) is 2.52. The molecule has 146 valence electrons. The van der Waals surface area contributed by atoms with Gasteiger partial charge in [0.1, 0.15) is 18.5 Å². The van der Waals surface area contributed by atoms with Crippen molar-refractivity contribution < 1.29 is 24.6 Å². The molecular formula is C17H20N2O7S. The third-order valence-corrected chi connectivity index (χ3v) is 5.26. The van der Waals surface area contributed by atoms with Gasteiger partial charge in [-0.3, -0.25) is 0 Å². The van der Waals surface area contributed by atoms with E-state index < -0.39 is 22.9 Å². The number of methoxy groups -OCH3 is 1. The molecule has 2 aromatic carbocycles. The smallest absolute Gasteiger partial charge is 0.294 e. The van der Waals surface area contributed by atoms with Gasteiger partial charge < -0.3 is 14.4 Å². The first kappa shape index (κ1) is 20.6. The molecule has 0 aromatic heterocycles. The van der Waals surface area contributed by atoms with Crippen molar-refractivity contribution in [3.05, 3.63) is 62.2 Å². The second kappa shape index (κ2) is 9.81. The van der Waals surface area contributed by atoms with E-state index >= 15 is 0 Å². The minimum Gasteiger partial charge on any atom is -0.497 e. The Labute approximate surface area is 159 Å². The number of fused-ring (bicyclic) bond motifs is 1. The molecule has 2 unspecified atom stereocenters. The summed E-state index contributed by atoms with van der Waals surface area (Å²) in [6.45, 7) is 1.57. The van der Waals surface area contributed by atoms with Crippen LogP contribution in [0.3, 0.4) is 0 Å². The fraction of sp³-hybridized carbons (Fsp3) is 0.412. The Morgan fingerprint density at radius 3 is 2.41 bits per heavy atom. The Hall–Kier alpha value is -2.75. The summed E-state index contributed by atoms with van der Waals surface area (Å²) in [4.78, 5) is 29.3. The number of ether oxygens (including phenoxy) is 1. The molecule has 27 heavy (non-hydrogen) atoms. The maximum atomic E-state index is 10.5. The van der Waals surface area contributed by atoms with Gasteiger partial charge in [-0.2, -0.15) is 11.8 Å². The highest BCUT2D eigenvalue weighted by molar-refractivity contribution is 7.99. The van der Waals surface area contributed by atoms with Gasteiger partial charge in [0.2, 0.25) is 0 Å². The van der Waals surface area contributed by atoms with Crippen molar-refractivity contribution in [2.75, 3.05) is 25.2 Å². The van der Waals surface area contributed by atoms with Gasteiger partial charge in [0.25, 0.3) is 10.2 Å². The van der Waals surface area contributed by atoms with Gasteiger partial charge >= 0.3 is 0 Å². The average Bonchev–Trinajstić information content (AvgIpc) is 2.64. The Morgan fingerprint density at radius 2 is 1.74 bits per heavy atom. The van der Waals surface area contributed by atoms with Crippen molar-refractivity contribution in [3.63, 3.8) is 0 Å². The van der Waals surface area contributed by atoms with E-state index in [9.17, 15) is 20.2 Å². The summed E-state index contributed by atoms with van der Waals surface area (Å²) < 4.78 is 5.22. The third-order valence-electron chi connectivity index (χ3n) is 3.91. The van der Waals surface area contributed by atoms with E-state index in [-0.39, 0.29) is 11.7 Å². The number of hydrogen-bond acceptors (Lipinski definition) is 8. The van der Waals surface area contributed by atoms with Gasteiger partial charge in [-0.1, -0.05) is 31.2 Å². The molecule has 9 nitrogen and oxygen atoms in total. The molecule has 2 rings (SSSR count). The van der Waals surface area contributed by atoms with E-state index in [4.69, 9.17) is 4.74 Å². The van der Waals surface area contributed by atoms with Crippen molar-refractivity contribution in [3.8, 4) is 5.75 Å². The first-order valence-corrected chi connectivity index (χ1v) is 9.28. The van der Waals surface area contributed by atoms with Crippen molar-refractivity contribution in [1.82, 2.24) is 0 Å². The minimum atomic E-state index is -0.994. The highest BCUT2D eigenvalue weighted by atomic mass is 32.2. The molecule has 0 aliphatic carbocycles. The summed E-state index contributed by atoms with van der Waals surface area (Å²) in [5, 5.41) is 20.9. The summed E-state index contributed by atoms with van der Waals surface area (Å²) in [5.74, 6) is 1.88. The normalized spacial score (nSPS) is 13.0. The third kappa shape index (κ3) is 6.48. The molecule has 2 atom stereocenters. The number of rotatable bonds is 11. The van der Waals surface area contributed by atoms with Gasteiger partial charge in [-0.25, -0.2) is 0 Å². The molecule has 0 saturated carbocycles. The van der Waals surface area contributed by atoms with E-state index in [2.05, 4.69) is 22.7 Å². The SMILES string of the molecule is COc1ccc2cc(C(C)CSCC(CO[N+](=O)[O-])O[N+](=O)[O-])ccc2c1. The molecule has 0 saturated heterocycles.